The number of rotatable bonds is 55. The molecule has 2 aliphatic heterocycles. The van der Waals surface area contributed by atoms with Crippen LogP contribution in [0.3, 0.4) is 0 Å². The lowest BCUT2D eigenvalue weighted by Crippen LogP contribution is -2.65. The minimum atomic E-state index is -1.79. The SMILES string of the molecule is CC/C=C\C/C=C\C/C=C\C/C=C\C/C=C\C/C=C\C/C=C\C/C=C\C/C=C\C/C=C\CCCCCCCCCCC(=O)NC(COC1OC(CO)C(OC2OC(CO)C(O)C(O)C2O)C(O)C1O)C(O)CCCCCCCCCCCCCCCCC. The van der Waals surface area contributed by atoms with Crippen LogP contribution in [0.15, 0.2) is 122 Å². The van der Waals surface area contributed by atoms with Crippen molar-refractivity contribution in [3.8, 4) is 0 Å². The van der Waals surface area contributed by atoms with Gasteiger partial charge in [-0.1, -0.05) is 270 Å². The highest BCUT2D eigenvalue weighted by Crippen LogP contribution is 2.30. The van der Waals surface area contributed by atoms with Gasteiger partial charge in [-0.15, -0.1) is 0 Å². The molecule has 14 heteroatoms. The van der Waals surface area contributed by atoms with Gasteiger partial charge in [-0.2, -0.15) is 0 Å². The summed E-state index contributed by atoms with van der Waals surface area (Å²) >= 11 is 0. The summed E-state index contributed by atoms with van der Waals surface area (Å²) in [6.45, 7) is 2.74. The molecule has 0 spiro atoms. The molecular formula is C74H125NO13. The van der Waals surface area contributed by atoms with Crippen molar-refractivity contribution in [3.05, 3.63) is 122 Å². The molecule has 0 aromatic rings. The summed E-state index contributed by atoms with van der Waals surface area (Å²) in [5.74, 6) is -0.219. The molecule has 2 rings (SSSR count). The van der Waals surface area contributed by atoms with Crippen LogP contribution in [0.5, 0.6) is 0 Å². The lowest BCUT2D eigenvalue weighted by Gasteiger charge is -2.46. The molecule has 12 unspecified atom stereocenters. The van der Waals surface area contributed by atoms with Crippen LogP contribution in [0.1, 0.15) is 245 Å². The van der Waals surface area contributed by atoms with Crippen molar-refractivity contribution in [1.29, 1.82) is 0 Å². The van der Waals surface area contributed by atoms with Crippen LogP contribution in [-0.2, 0) is 23.7 Å². The molecule has 0 radical (unpaired) electrons. The van der Waals surface area contributed by atoms with Gasteiger partial charge in [-0.3, -0.25) is 4.79 Å². The summed E-state index contributed by atoms with van der Waals surface area (Å²) in [7, 11) is 0. The van der Waals surface area contributed by atoms with E-state index in [1.165, 1.54) is 89.9 Å². The molecular weight excluding hydrogens is 1110 g/mol. The quantitative estimate of drug-likeness (QED) is 0.0204. The minimum Gasteiger partial charge on any atom is -0.394 e. The van der Waals surface area contributed by atoms with Crippen molar-refractivity contribution in [3.63, 3.8) is 0 Å². The Balaban J connectivity index is 1.63. The van der Waals surface area contributed by atoms with Crippen LogP contribution in [0.25, 0.3) is 0 Å². The van der Waals surface area contributed by atoms with Crippen LogP contribution >= 0.6 is 0 Å². The second-order valence-corrected chi connectivity index (χ2v) is 23.9. The fourth-order valence-corrected chi connectivity index (χ4v) is 10.7. The van der Waals surface area contributed by atoms with Crippen LogP contribution in [0.2, 0.25) is 0 Å². The molecule has 2 saturated heterocycles. The molecule has 0 saturated carbocycles. The van der Waals surface area contributed by atoms with E-state index < -0.39 is 86.8 Å². The minimum absolute atomic E-state index is 0.219. The standard InChI is InChI=1S/C74H125NO13/c1-3-5-7-9-11-13-15-17-19-20-21-22-23-24-25-26-27-28-29-30-31-32-33-34-35-36-37-38-39-40-41-42-44-46-48-50-52-54-56-58-66(79)75-62(63(78)57-55-53-51-49-47-45-43-18-16-14-12-10-8-6-4-2)61-85-73-71(84)69(82)72(65(60-77)87-73)88-74-70(83)68(81)67(80)64(59-76)86-74/h5,7,11,13,17,19,21-22,24-25,27-28,30-31,33-34,36-37,39-40,62-65,67-74,76-78,80-84H,3-4,6,8-10,12,14-16,18,20,23,26,29,32,35,38,41-61H2,1-2H3,(H,75,79)/b7-5-,13-11-,19-17-,22-21-,25-24-,28-27-,31-30-,34-33-,37-36-,40-39-. The van der Waals surface area contributed by atoms with E-state index in [4.69, 9.17) is 18.9 Å². The van der Waals surface area contributed by atoms with Crippen molar-refractivity contribution in [2.45, 2.75) is 319 Å². The van der Waals surface area contributed by atoms with Gasteiger partial charge < -0.3 is 65.1 Å². The van der Waals surface area contributed by atoms with E-state index in [0.29, 0.717) is 12.8 Å². The zero-order valence-electron chi connectivity index (χ0n) is 54.7. The normalized spacial score (nSPS) is 23.9. The summed E-state index contributed by atoms with van der Waals surface area (Å²) in [5.41, 5.74) is 0. The highest BCUT2D eigenvalue weighted by molar-refractivity contribution is 5.76. The van der Waals surface area contributed by atoms with Gasteiger partial charge in [0.2, 0.25) is 5.91 Å². The Bertz CT molecular complexity index is 1940. The molecule has 12 atom stereocenters. The molecule has 0 aromatic heterocycles. The van der Waals surface area contributed by atoms with Gasteiger partial charge in [0.15, 0.2) is 12.6 Å². The second kappa shape index (κ2) is 57.3. The molecule has 1 amide bonds. The molecule has 0 aliphatic carbocycles. The van der Waals surface area contributed by atoms with Crippen molar-refractivity contribution in [2.75, 3.05) is 19.8 Å². The Morgan fingerprint density at radius 3 is 1.20 bits per heavy atom. The van der Waals surface area contributed by atoms with Gasteiger partial charge >= 0.3 is 0 Å². The van der Waals surface area contributed by atoms with Gasteiger partial charge in [-0.25, -0.2) is 0 Å². The van der Waals surface area contributed by atoms with Crippen LogP contribution in [0, 0.1) is 0 Å². The number of nitrogens with one attached hydrogen (secondary N) is 1. The Kier molecular flexibility index (Phi) is 52.4. The molecule has 2 heterocycles. The number of carbonyl (C=O) groups is 1. The molecule has 88 heavy (non-hydrogen) atoms. The number of hydrogen-bond acceptors (Lipinski definition) is 13. The second-order valence-electron chi connectivity index (χ2n) is 23.9. The average molecular weight is 1240 g/mol. The summed E-state index contributed by atoms with van der Waals surface area (Å²) < 4.78 is 22.9. The number of hydrogen-bond donors (Lipinski definition) is 9. The van der Waals surface area contributed by atoms with Crippen LogP contribution < -0.4 is 5.32 Å². The van der Waals surface area contributed by atoms with E-state index >= 15 is 0 Å². The largest absolute Gasteiger partial charge is 0.394 e. The number of aliphatic hydroxyl groups excluding tert-OH is 8. The van der Waals surface area contributed by atoms with E-state index in [-0.39, 0.29) is 18.9 Å². The smallest absolute Gasteiger partial charge is 0.220 e. The number of allylic oxidation sites excluding steroid dienone is 20. The van der Waals surface area contributed by atoms with E-state index in [9.17, 15) is 45.6 Å². The third-order valence-corrected chi connectivity index (χ3v) is 16.2. The lowest BCUT2D eigenvalue weighted by atomic mass is 9.97. The molecule has 0 aromatic carbocycles. The first-order valence-electron chi connectivity index (χ1n) is 34.8. The van der Waals surface area contributed by atoms with Crippen molar-refractivity contribution >= 4 is 5.91 Å². The number of carbonyl (C=O) groups excluding carboxylic acids is 1. The first kappa shape index (κ1) is 80.5. The summed E-state index contributed by atoms with van der Waals surface area (Å²) in [5, 5.41) is 87.4. The molecule has 0 bridgehead atoms. The van der Waals surface area contributed by atoms with Gasteiger partial charge in [0.25, 0.3) is 0 Å². The van der Waals surface area contributed by atoms with E-state index in [2.05, 4.69) is 141 Å². The van der Waals surface area contributed by atoms with E-state index in [1.807, 2.05) is 0 Å². The predicted molar refractivity (Wildman–Crippen MR) is 359 cm³/mol. The zero-order valence-corrected chi connectivity index (χ0v) is 54.7. The van der Waals surface area contributed by atoms with Crippen LogP contribution in [0.4, 0.5) is 0 Å². The Morgan fingerprint density at radius 1 is 0.420 bits per heavy atom. The number of ether oxygens (including phenoxy) is 4. The molecule has 504 valence electrons. The van der Waals surface area contributed by atoms with Crippen LogP contribution in [-0.4, -0.2) is 140 Å². The van der Waals surface area contributed by atoms with Crippen molar-refractivity contribution in [2.24, 2.45) is 0 Å². The zero-order chi connectivity index (χ0) is 63.8. The van der Waals surface area contributed by atoms with Gasteiger partial charge in [0.05, 0.1) is 32.0 Å². The van der Waals surface area contributed by atoms with Gasteiger partial charge in [0.1, 0.15) is 48.8 Å². The van der Waals surface area contributed by atoms with Crippen molar-refractivity contribution < 1.29 is 64.6 Å². The maximum Gasteiger partial charge on any atom is 0.220 e. The van der Waals surface area contributed by atoms with Gasteiger partial charge in [0, 0.05) is 6.42 Å². The maximum atomic E-state index is 13.3. The Hall–Kier alpha value is -3.61. The number of amides is 1. The van der Waals surface area contributed by atoms with Crippen molar-refractivity contribution in [1.82, 2.24) is 5.32 Å². The topological polar surface area (TPSA) is 228 Å². The molecule has 2 aliphatic rings. The molecule has 9 N–H and O–H groups in total. The third kappa shape index (κ3) is 41.0. The number of unbranched alkanes of at least 4 members (excludes halogenated alkanes) is 22. The summed E-state index contributed by atoms with van der Waals surface area (Å²) in [6.07, 6.45) is 66.3. The first-order chi connectivity index (χ1) is 43.1. The molecule has 14 nitrogen and oxygen atoms in total. The molecule has 2 fully saturated rings. The fourth-order valence-electron chi connectivity index (χ4n) is 10.7. The van der Waals surface area contributed by atoms with Gasteiger partial charge in [-0.05, 0) is 89.9 Å². The first-order valence-corrected chi connectivity index (χ1v) is 34.8. The maximum absolute atomic E-state index is 13.3. The fraction of sp³-hybridized carbons (Fsp3) is 0.716. The van der Waals surface area contributed by atoms with E-state index in [1.54, 1.807) is 0 Å². The Morgan fingerprint density at radius 2 is 0.784 bits per heavy atom. The number of aliphatic hydroxyl groups is 8. The monoisotopic (exact) mass is 1240 g/mol. The summed E-state index contributed by atoms with van der Waals surface area (Å²) in [6, 6.07) is -0.841. The highest BCUT2D eigenvalue weighted by atomic mass is 16.7. The third-order valence-electron chi connectivity index (χ3n) is 16.2. The predicted octanol–water partition coefficient (Wildman–Crippen LogP) is 14.1. The summed E-state index contributed by atoms with van der Waals surface area (Å²) in [4.78, 5) is 13.3. The average Bonchev–Trinajstić information content (AvgIpc) is 2.99. The van der Waals surface area contributed by atoms with E-state index in [0.717, 1.165) is 122 Å². The lowest BCUT2D eigenvalue weighted by molar-refractivity contribution is -0.359. The Labute approximate surface area is 533 Å². The highest BCUT2D eigenvalue weighted by Gasteiger charge is 2.51.